The summed E-state index contributed by atoms with van der Waals surface area (Å²) in [5, 5.41) is 0. The summed E-state index contributed by atoms with van der Waals surface area (Å²) >= 11 is 4.19. The molecule has 0 aromatic carbocycles. The molecule has 13 heavy (non-hydrogen) atoms. The molecular formula is C9H22O2SSi. The van der Waals surface area contributed by atoms with Gasteiger partial charge in [-0.25, -0.2) is 0 Å². The highest BCUT2D eigenvalue weighted by Gasteiger charge is 2.31. The van der Waals surface area contributed by atoms with Crippen LogP contribution in [0.25, 0.3) is 0 Å². The highest BCUT2D eigenvalue weighted by Crippen LogP contribution is 2.22. The van der Waals surface area contributed by atoms with Crippen molar-refractivity contribution in [2.45, 2.75) is 45.4 Å². The van der Waals surface area contributed by atoms with E-state index >= 15 is 0 Å². The predicted octanol–water partition coefficient (Wildman–Crippen LogP) is 2.84. The average Bonchev–Trinajstić information content (AvgIpc) is 1.99. The summed E-state index contributed by atoms with van der Waals surface area (Å²) in [7, 11) is -0.165. The van der Waals surface area contributed by atoms with Gasteiger partial charge in [-0.3, -0.25) is 0 Å². The summed E-state index contributed by atoms with van der Waals surface area (Å²) in [5.41, 5.74) is -0.0749. The van der Waals surface area contributed by atoms with Crippen molar-refractivity contribution in [1.82, 2.24) is 0 Å². The molecule has 0 saturated carbocycles. The lowest BCUT2D eigenvalue weighted by Gasteiger charge is -2.33. The maximum atomic E-state index is 5.96. The molecule has 4 heteroatoms. The molecular weight excluding hydrogens is 200 g/mol. The minimum atomic E-state index is -1.89. The monoisotopic (exact) mass is 222 g/mol. The molecule has 0 aromatic heterocycles. The standard InChI is InChI=1S/C9H22O2SSi/c1-9(2,7-6-8-12)11-13(4,5)10-3/h12H,6-8H2,1-5H3. The molecule has 0 fully saturated rings. The van der Waals surface area contributed by atoms with Crippen molar-refractivity contribution >= 4 is 21.2 Å². The van der Waals surface area contributed by atoms with Crippen LogP contribution in [-0.2, 0) is 8.85 Å². The molecule has 0 spiro atoms. The van der Waals surface area contributed by atoms with Crippen molar-refractivity contribution in [1.29, 1.82) is 0 Å². The van der Waals surface area contributed by atoms with Gasteiger partial charge in [0.15, 0.2) is 0 Å². The van der Waals surface area contributed by atoms with Crippen molar-refractivity contribution in [3.63, 3.8) is 0 Å². The minimum Gasteiger partial charge on any atom is -0.398 e. The van der Waals surface area contributed by atoms with Crippen LogP contribution in [0.3, 0.4) is 0 Å². The van der Waals surface area contributed by atoms with E-state index in [0.29, 0.717) is 0 Å². The average molecular weight is 222 g/mol. The van der Waals surface area contributed by atoms with Gasteiger partial charge in [-0.15, -0.1) is 0 Å². The summed E-state index contributed by atoms with van der Waals surface area (Å²) in [4.78, 5) is 0. The molecule has 0 N–H and O–H groups in total. The molecule has 0 aliphatic rings. The van der Waals surface area contributed by atoms with Crippen molar-refractivity contribution in [2.24, 2.45) is 0 Å². The normalized spacial score (nSPS) is 13.4. The van der Waals surface area contributed by atoms with Gasteiger partial charge < -0.3 is 8.85 Å². The summed E-state index contributed by atoms with van der Waals surface area (Å²) in [6, 6.07) is 0. The number of hydrogen-bond donors (Lipinski definition) is 1. The van der Waals surface area contributed by atoms with Gasteiger partial charge in [0.2, 0.25) is 0 Å². The predicted molar refractivity (Wildman–Crippen MR) is 62.7 cm³/mol. The Bertz CT molecular complexity index is 149. The van der Waals surface area contributed by atoms with E-state index < -0.39 is 8.56 Å². The number of hydrogen-bond acceptors (Lipinski definition) is 3. The van der Waals surface area contributed by atoms with Crippen LogP contribution in [0, 0.1) is 0 Å². The van der Waals surface area contributed by atoms with Gasteiger partial charge in [-0.2, -0.15) is 12.6 Å². The van der Waals surface area contributed by atoms with Gasteiger partial charge in [0.25, 0.3) is 0 Å². The Morgan fingerprint density at radius 1 is 1.31 bits per heavy atom. The first-order chi connectivity index (χ1) is 5.83. The van der Waals surface area contributed by atoms with Crippen LogP contribution >= 0.6 is 12.6 Å². The molecule has 0 aliphatic carbocycles. The van der Waals surface area contributed by atoms with Gasteiger partial charge in [-0.05, 0) is 45.5 Å². The van der Waals surface area contributed by atoms with Crippen molar-refractivity contribution in [2.75, 3.05) is 12.9 Å². The summed E-state index contributed by atoms with van der Waals surface area (Å²) < 4.78 is 11.3. The van der Waals surface area contributed by atoms with Crippen LogP contribution in [0.1, 0.15) is 26.7 Å². The quantitative estimate of drug-likeness (QED) is 0.550. The Kier molecular flexibility index (Phi) is 5.59. The fraction of sp³-hybridized carbons (Fsp3) is 1.00. The van der Waals surface area contributed by atoms with Gasteiger partial charge >= 0.3 is 8.56 Å². The smallest absolute Gasteiger partial charge is 0.331 e. The zero-order valence-corrected chi connectivity index (χ0v) is 11.3. The third kappa shape index (κ3) is 6.54. The second-order valence-corrected chi connectivity index (χ2v) is 8.15. The molecule has 0 amide bonds. The highest BCUT2D eigenvalue weighted by atomic mass is 32.1. The summed E-state index contributed by atoms with van der Waals surface area (Å²) in [5.74, 6) is 0.918. The third-order valence-corrected chi connectivity index (χ3v) is 4.29. The molecule has 0 atom stereocenters. The lowest BCUT2D eigenvalue weighted by atomic mass is 10.0. The van der Waals surface area contributed by atoms with Crippen molar-refractivity contribution < 1.29 is 8.85 Å². The number of thiol groups is 1. The molecule has 0 aliphatic heterocycles. The van der Waals surface area contributed by atoms with E-state index in [2.05, 4.69) is 39.6 Å². The molecule has 0 unspecified atom stereocenters. The molecule has 0 bridgehead atoms. The molecule has 0 heterocycles. The molecule has 2 nitrogen and oxygen atoms in total. The first kappa shape index (κ1) is 13.5. The number of rotatable bonds is 6. The maximum Gasteiger partial charge on any atom is 0.331 e. The highest BCUT2D eigenvalue weighted by molar-refractivity contribution is 7.80. The SMILES string of the molecule is CO[Si](C)(C)OC(C)(C)CCCS. The Balaban J connectivity index is 4.00. The van der Waals surface area contributed by atoms with Gasteiger partial charge in [0, 0.05) is 7.11 Å². The fourth-order valence-electron chi connectivity index (χ4n) is 1.26. The molecule has 80 valence electrons. The third-order valence-electron chi connectivity index (χ3n) is 1.95. The van der Waals surface area contributed by atoms with Crippen LogP contribution in [0.5, 0.6) is 0 Å². The van der Waals surface area contributed by atoms with E-state index in [0.717, 1.165) is 18.6 Å². The summed E-state index contributed by atoms with van der Waals surface area (Å²) in [6.45, 7) is 8.36. The topological polar surface area (TPSA) is 18.5 Å². The zero-order chi connectivity index (χ0) is 10.5. The van der Waals surface area contributed by atoms with E-state index in [1.807, 2.05) is 0 Å². The Morgan fingerprint density at radius 2 is 1.85 bits per heavy atom. The Hall–Kier alpha value is 0.487. The maximum absolute atomic E-state index is 5.96. The molecule has 0 radical (unpaired) electrons. The van der Waals surface area contributed by atoms with Gasteiger partial charge in [0.1, 0.15) is 0 Å². The van der Waals surface area contributed by atoms with E-state index in [1.54, 1.807) is 7.11 Å². The van der Waals surface area contributed by atoms with Crippen LogP contribution in [-0.4, -0.2) is 27.0 Å². The van der Waals surface area contributed by atoms with E-state index in [1.165, 1.54) is 0 Å². The van der Waals surface area contributed by atoms with Gasteiger partial charge in [-0.1, -0.05) is 0 Å². The summed E-state index contributed by atoms with van der Waals surface area (Å²) in [6.07, 6.45) is 2.13. The molecule has 0 rings (SSSR count). The fourth-order valence-corrected chi connectivity index (χ4v) is 2.94. The molecule has 0 saturated heterocycles. The van der Waals surface area contributed by atoms with Crippen molar-refractivity contribution in [3.8, 4) is 0 Å². The van der Waals surface area contributed by atoms with Gasteiger partial charge in [0.05, 0.1) is 5.60 Å². The van der Waals surface area contributed by atoms with Crippen LogP contribution in [0.15, 0.2) is 0 Å². The Morgan fingerprint density at radius 3 is 2.23 bits per heavy atom. The van der Waals surface area contributed by atoms with Crippen LogP contribution < -0.4 is 0 Å². The van der Waals surface area contributed by atoms with E-state index in [4.69, 9.17) is 8.85 Å². The van der Waals surface area contributed by atoms with E-state index in [9.17, 15) is 0 Å². The van der Waals surface area contributed by atoms with E-state index in [-0.39, 0.29) is 5.60 Å². The van der Waals surface area contributed by atoms with Crippen LogP contribution in [0.4, 0.5) is 0 Å². The lowest BCUT2D eigenvalue weighted by molar-refractivity contribution is 0.0553. The Labute approximate surface area is 88.7 Å². The lowest BCUT2D eigenvalue weighted by Crippen LogP contribution is -2.42. The second kappa shape index (κ2) is 5.39. The zero-order valence-electron chi connectivity index (χ0n) is 9.39. The first-order valence-electron chi connectivity index (χ1n) is 4.69. The largest absolute Gasteiger partial charge is 0.398 e. The van der Waals surface area contributed by atoms with Crippen molar-refractivity contribution in [3.05, 3.63) is 0 Å². The van der Waals surface area contributed by atoms with Crippen LogP contribution in [0.2, 0.25) is 13.1 Å². The first-order valence-corrected chi connectivity index (χ1v) is 8.14. The minimum absolute atomic E-state index is 0.0749. The molecule has 0 aromatic rings. The second-order valence-electron chi connectivity index (χ2n) is 4.29.